The number of carboxylic acid groups (broad SMARTS) is 1. The Morgan fingerprint density at radius 2 is 1.94 bits per heavy atom. The molecular weight excluding hydrogens is 230 g/mol. The Balaban J connectivity index is 2.38. The Labute approximate surface area is 102 Å². The first-order valence-corrected chi connectivity index (χ1v) is 5.39. The second kappa shape index (κ2) is 3.96. The summed E-state index contributed by atoms with van der Waals surface area (Å²) in [6, 6.07) is 11.0. The maximum absolute atomic E-state index is 11.3. The third-order valence-corrected chi connectivity index (χ3v) is 2.66. The first-order valence-electron chi connectivity index (χ1n) is 5.39. The van der Waals surface area contributed by atoms with Crippen LogP contribution in [0.2, 0.25) is 0 Å². The molecule has 0 saturated heterocycles. The van der Waals surface area contributed by atoms with E-state index < -0.39 is 5.97 Å². The normalized spacial score (nSPS) is 10.7. The van der Waals surface area contributed by atoms with Crippen molar-refractivity contribution in [3.8, 4) is 11.1 Å². The summed E-state index contributed by atoms with van der Waals surface area (Å²) >= 11 is 0. The van der Waals surface area contributed by atoms with Crippen LogP contribution in [0.5, 0.6) is 0 Å². The molecule has 0 fully saturated rings. The summed E-state index contributed by atoms with van der Waals surface area (Å²) in [6.45, 7) is 0. The largest absolute Gasteiger partial charge is 0.476 e. The predicted octanol–water partition coefficient (Wildman–Crippen LogP) is 2.09. The second-order valence-electron chi connectivity index (χ2n) is 3.78. The van der Waals surface area contributed by atoms with Gasteiger partial charge in [0.15, 0.2) is 11.3 Å². The number of aromatic nitrogens is 3. The Bertz CT molecular complexity index is 719. The molecule has 5 nitrogen and oxygen atoms in total. The van der Waals surface area contributed by atoms with Gasteiger partial charge in [0, 0.05) is 12.4 Å². The molecule has 0 aliphatic carbocycles. The van der Waals surface area contributed by atoms with Gasteiger partial charge in [0.1, 0.15) is 0 Å². The summed E-state index contributed by atoms with van der Waals surface area (Å²) in [6.07, 6.45) is 3.30. The van der Waals surface area contributed by atoms with Gasteiger partial charge in [-0.25, -0.2) is 14.3 Å². The van der Waals surface area contributed by atoms with Gasteiger partial charge in [0.2, 0.25) is 0 Å². The molecule has 0 aliphatic rings. The minimum Gasteiger partial charge on any atom is -0.476 e. The van der Waals surface area contributed by atoms with Gasteiger partial charge in [0.25, 0.3) is 0 Å². The summed E-state index contributed by atoms with van der Waals surface area (Å²) < 4.78 is 1.48. The van der Waals surface area contributed by atoms with Crippen molar-refractivity contribution in [3.05, 3.63) is 54.5 Å². The fraction of sp³-hybridized carbons (Fsp3) is 0. The van der Waals surface area contributed by atoms with Crippen LogP contribution in [-0.2, 0) is 0 Å². The monoisotopic (exact) mass is 239 g/mol. The fourth-order valence-electron chi connectivity index (χ4n) is 1.91. The number of benzene rings is 1. The van der Waals surface area contributed by atoms with E-state index in [4.69, 9.17) is 0 Å². The number of nitrogens with zero attached hydrogens (tertiary/aromatic N) is 3. The number of carbonyl (C=O) groups is 1. The van der Waals surface area contributed by atoms with Gasteiger partial charge in [0.05, 0.1) is 5.56 Å². The molecule has 1 N–H and O–H groups in total. The van der Waals surface area contributed by atoms with E-state index in [1.165, 1.54) is 4.52 Å². The van der Waals surface area contributed by atoms with Crippen LogP contribution in [0.1, 0.15) is 10.5 Å². The van der Waals surface area contributed by atoms with Crippen molar-refractivity contribution in [1.82, 2.24) is 14.6 Å². The van der Waals surface area contributed by atoms with E-state index in [1.54, 1.807) is 18.5 Å². The number of fused-ring (bicyclic) bond motifs is 1. The van der Waals surface area contributed by atoms with Gasteiger partial charge in [-0.1, -0.05) is 30.3 Å². The van der Waals surface area contributed by atoms with E-state index in [-0.39, 0.29) is 5.69 Å². The smallest absolute Gasteiger partial charge is 0.357 e. The summed E-state index contributed by atoms with van der Waals surface area (Å²) in [7, 11) is 0. The molecule has 88 valence electrons. The average molecular weight is 239 g/mol. The molecule has 0 radical (unpaired) electrons. The number of rotatable bonds is 2. The molecule has 2 heterocycles. The molecule has 18 heavy (non-hydrogen) atoms. The molecule has 0 amide bonds. The zero-order valence-electron chi connectivity index (χ0n) is 9.32. The van der Waals surface area contributed by atoms with E-state index in [1.807, 2.05) is 30.3 Å². The highest BCUT2D eigenvalue weighted by molar-refractivity contribution is 5.98. The van der Waals surface area contributed by atoms with E-state index in [2.05, 4.69) is 10.1 Å². The molecule has 2 aromatic heterocycles. The minimum absolute atomic E-state index is 0.0138. The van der Waals surface area contributed by atoms with Gasteiger partial charge in [-0.2, -0.15) is 5.10 Å². The summed E-state index contributed by atoms with van der Waals surface area (Å²) in [5.41, 5.74) is 1.90. The predicted molar refractivity (Wildman–Crippen MR) is 65.4 cm³/mol. The summed E-state index contributed by atoms with van der Waals surface area (Å²) in [5, 5.41) is 13.3. The lowest BCUT2D eigenvalue weighted by molar-refractivity contribution is 0.0691. The minimum atomic E-state index is -1.06. The topological polar surface area (TPSA) is 67.5 Å². The maximum atomic E-state index is 11.3. The molecule has 0 unspecified atom stereocenters. The Morgan fingerprint density at radius 3 is 2.67 bits per heavy atom. The quantitative estimate of drug-likeness (QED) is 0.743. The highest BCUT2D eigenvalue weighted by Gasteiger charge is 2.20. The summed E-state index contributed by atoms with van der Waals surface area (Å²) in [5.74, 6) is -1.06. The highest BCUT2D eigenvalue weighted by atomic mass is 16.4. The first kappa shape index (κ1) is 10.5. The fourth-order valence-corrected chi connectivity index (χ4v) is 1.91. The molecule has 0 aliphatic heterocycles. The number of aromatic carboxylic acids is 1. The van der Waals surface area contributed by atoms with Crippen molar-refractivity contribution in [2.45, 2.75) is 0 Å². The Morgan fingerprint density at radius 1 is 1.17 bits per heavy atom. The SMILES string of the molecule is O=C(O)c1nn2cccnc2c1-c1ccccc1. The molecule has 0 saturated carbocycles. The zero-order valence-corrected chi connectivity index (χ0v) is 9.32. The van der Waals surface area contributed by atoms with Crippen LogP contribution in [-0.4, -0.2) is 25.7 Å². The van der Waals surface area contributed by atoms with Crippen LogP contribution in [0.4, 0.5) is 0 Å². The van der Waals surface area contributed by atoms with Crippen LogP contribution in [0.25, 0.3) is 16.8 Å². The molecular formula is C13H9N3O2. The third kappa shape index (κ3) is 1.53. The lowest BCUT2D eigenvalue weighted by Crippen LogP contribution is -1.99. The van der Waals surface area contributed by atoms with Gasteiger partial charge in [-0.15, -0.1) is 0 Å². The summed E-state index contributed by atoms with van der Waals surface area (Å²) in [4.78, 5) is 15.5. The van der Waals surface area contributed by atoms with Crippen molar-refractivity contribution in [2.75, 3.05) is 0 Å². The molecule has 0 spiro atoms. The Kier molecular flexibility index (Phi) is 2.30. The molecule has 0 atom stereocenters. The van der Waals surface area contributed by atoms with Crippen LogP contribution in [0.3, 0.4) is 0 Å². The first-order chi connectivity index (χ1) is 8.77. The van der Waals surface area contributed by atoms with Crippen molar-refractivity contribution < 1.29 is 9.90 Å². The maximum Gasteiger partial charge on any atom is 0.357 e. The number of hydrogen-bond donors (Lipinski definition) is 1. The average Bonchev–Trinajstić information content (AvgIpc) is 2.79. The van der Waals surface area contributed by atoms with Crippen LogP contribution >= 0.6 is 0 Å². The second-order valence-corrected chi connectivity index (χ2v) is 3.78. The third-order valence-electron chi connectivity index (χ3n) is 2.66. The van der Waals surface area contributed by atoms with E-state index in [0.29, 0.717) is 11.2 Å². The molecule has 0 bridgehead atoms. The van der Waals surface area contributed by atoms with Gasteiger partial charge >= 0.3 is 5.97 Å². The van der Waals surface area contributed by atoms with Crippen molar-refractivity contribution in [3.63, 3.8) is 0 Å². The van der Waals surface area contributed by atoms with E-state index in [0.717, 1.165) is 5.56 Å². The Hall–Kier alpha value is -2.69. The van der Waals surface area contributed by atoms with Gasteiger partial charge in [-0.05, 0) is 11.6 Å². The van der Waals surface area contributed by atoms with E-state index in [9.17, 15) is 9.90 Å². The zero-order chi connectivity index (χ0) is 12.5. The molecule has 5 heteroatoms. The van der Waals surface area contributed by atoms with E-state index >= 15 is 0 Å². The van der Waals surface area contributed by atoms with Crippen LogP contribution in [0.15, 0.2) is 48.8 Å². The van der Waals surface area contributed by atoms with Crippen molar-refractivity contribution >= 4 is 11.6 Å². The van der Waals surface area contributed by atoms with Gasteiger partial charge in [-0.3, -0.25) is 0 Å². The number of carboxylic acids is 1. The van der Waals surface area contributed by atoms with Gasteiger partial charge < -0.3 is 5.11 Å². The molecule has 3 aromatic rings. The standard InChI is InChI=1S/C13H9N3O2/c17-13(18)11-10(9-5-2-1-3-6-9)12-14-7-4-8-16(12)15-11/h1-8H,(H,17,18). The van der Waals surface area contributed by atoms with Crippen LogP contribution < -0.4 is 0 Å². The van der Waals surface area contributed by atoms with Crippen molar-refractivity contribution in [2.24, 2.45) is 0 Å². The molecule has 3 rings (SSSR count). The van der Waals surface area contributed by atoms with Crippen LogP contribution in [0, 0.1) is 0 Å². The molecule has 1 aromatic carbocycles. The lowest BCUT2D eigenvalue weighted by atomic mass is 10.1. The van der Waals surface area contributed by atoms with Crippen molar-refractivity contribution in [1.29, 1.82) is 0 Å². The lowest BCUT2D eigenvalue weighted by Gasteiger charge is -1.99. The highest BCUT2D eigenvalue weighted by Crippen LogP contribution is 2.26. The number of hydrogen-bond acceptors (Lipinski definition) is 3.